The predicted molar refractivity (Wildman–Crippen MR) is 78.1 cm³/mol. The van der Waals surface area contributed by atoms with Crippen molar-refractivity contribution in [3.8, 4) is 11.4 Å². The normalized spacial score (nSPS) is 13.5. The van der Waals surface area contributed by atoms with E-state index in [1.165, 1.54) is 12.1 Å². The van der Waals surface area contributed by atoms with Crippen molar-refractivity contribution in [2.75, 3.05) is 0 Å². The van der Waals surface area contributed by atoms with E-state index in [2.05, 4.69) is 9.97 Å². The van der Waals surface area contributed by atoms with Gasteiger partial charge in [-0.3, -0.25) is 4.79 Å². The van der Waals surface area contributed by atoms with Crippen molar-refractivity contribution in [2.24, 2.45) is 0 Å². The first-order valence-electron chi connectivity index (χ1n) is 6.69. The molecule has 3 heterocycles. The molecular weight excluding hydrogens is 328 g/mol. The molecule has 23 heavy (non-hydrogen) atoms. The number of fused-ring (bicyclic) bond motifs is 2. The van der Waals surface area contributed by atoms with E-state index in [0.717, 1.165) is 16.5 Å². The van der Waals surface area contributed by atoms with Crippen molar-refractivity contribution in [1.29, 1.82) is 0 Å². The monoisotopic (exact) mass is 335 g/mol. The van der Waals surface area contributed by atoms with Gasteiger partial charge in [0.1, 0.15) is 22.4 Å². The SMILES string of the molecule is O=c1c2c(nc3cc(Cl)nc(-c4ccc(F)cc4F)n13)COC2. The zero-order valence-corrected chi connectivity index (χ0v) is 12.3. The van der Waals surface area contributed by atoms with Crippen molar-refractivity contribution in [1.82, 2.24) is 14.4 Å². The minimum absolute atomic E-state index is 0.0304. The zero-order valence-electron chi connectivity index (χ0n) is 11.5. The van der Waals surface area contributed by atoms with Crippen LogP contribution in [-0.2, 0) is 18.0 Å². The van der Waals surface area contributed by atoms with Gasteiger partial charge in [-0.2, -0.15) is 0 Å². The highest BCUT2D eigenvalue weighted by Crippen LogP contribution is 2.25. The summed E-state index contributed by atoms with van der Waals surface area (Å²) < 4.78 is 33.6. The highest BCUT2D eigenvalue weighted by molar-refractivity contribution is 6.29. The maximum Gasteiger partial charge on any atom is 0.265 e. The van der Waals surface area contributed by atoms with E-state index in [1.807, 2.05) is 0 Å². The molecule has 3 aromatic rings. The molecule has 0 amide bonds. The molecule has 0 atom stereocenters. The summed E-state index contributed by atoms with van der Waals surface area (Å²) >= 11 is 5.97. The molecule has 1 aliphatic heterocycles. The van der Waals surface area contributed by atoms with E-state index in [-0.39, 0.29) is 35.4 Å². The average molecular weight is 336 g/mol. The maximum absolute atomic E-state index is 14.1. The molecule has 0 saturated heterocycles. The molecule has 0 radical (unpaired) electrons. The summed E-state index contributed by atoms with van der Waals surface area (Å²) in [6.07, 6.45) is 0. The Morgan fingerprint density at radius 1 is 1.17 bits per heavy atom. The minimum Gasteiger partial charge on any atom is -0.370 e. The Labute approximate surface area is 133 Å². The Bertz CT molecular complexity index is 1020. The van der Waals surface area contributed by atoms with Crippen molar-refractivity contribution < 1.29 is 13.5 Å². The van der Waals surface area contributed by atoms with Crippen LogP contribution in [-0.4, -0.2) is 14.4 Å². The largest absolute Gasteiger partial charge is 0.370 e. The summed E-state index contributed by atoms with van der Waals surface area (Å²) in [5.41, 5.74) is 0.725. The van der Waals surface area contributed by atoms with Gasteiger partial charge in [-0.15, -0.1) is 0 Å². The van der Waals surface area contributed by atoms with Gasteiger partial charge in [-0.1, -0.05) is 11.6 Å². The van der Waals surface area contributed by atoms with Crippen LogP contribution in [0.4, 0.5) is 8.78 Å². The van der Waals surface area contributed by atoms with Crippen LogP contribution < -0.4 is 5.56 Å². The van der Waals surface area contributed by atoms with E-state index in [9.17, 15) is 13.6 Å². The molecule has 0 bridgehead atoms. The third-order valence-corrected chi connectivity index (χ3v) is 3.81. The van der Waals surface area contributed by atoms with Crippen LogP contribution in [0.3, 0.4) is 0 Å². The molecular formula is C15H8ClF2N3O2. The summed E-state index contributed by atoms with van der Waals surface area (Å²) in [6, 6.07) is 4.42. The maximum atomic E-state index is 14.1. The summed E-state index contributed by atoms with van der Waals surface area (Å²) in [5.74, 6) is -1.60. The molecule has 1 aliphatic rings. The Kier molecular flexibility index (Phi) is 3.14. The van der Waals surface area contributed by atoms with Gasteiger partial charge >= 0.3 is 0 Å². The molecule has 0 aliphatic carbocycles. The van der Waals surface area contributed by atoms with Gasteiger partial charge in [-0.25, -0.2) is 23.1 Å². The number of hydrogen-bond donors (Lipinski definition) is 0. The highest BCUT2D eigenvalue weighted by Gasteiger charge is 2.22. The van der Waals surface area contributed by atoms with Crippen molar-refractivity contribution in [3.05, 3.63) is 62.7 Å². The Balaban J connectivity index is 2.12. The second-order valence-electron chi connectivity index (χ2n) is 5.06. The van der Waals surface area contributed by atoms with Crippen LogP contribution >= 0.6 is 11.6 Å². The lowest BCUT2D eigenvalue weighted by Gasteiger charge is -2.10. The fourth-order valence-electron chi connectivity index (χ4n) is 2.58. The predicted octanol–water partition coefficient (Wildman–Crippen LogP) is 2.72. The molecule has 116 valence electrons. The molecule has 5 nitrogen and oxygen atoms in total. The van der Waals surface area contributed by atoms with E-state index in [1.54, 1.807) is 0 Å². The van der Waals surface area contributed by atoms with Gasteiger partial charge in [-0.05, 0) is 12.1 Å². The fourth-order valence-corrected chi connectivity index (χ4v) is 2.75. The van der Waals surface area contributed by atoms with E-state index in [0.29, 0.717) is 11.3 Å². The van der Waals surface area contributed by atoms with Gasteiger partial charge < -0.3 is 4.74 Å². The van der Waals surface area contributed by atoms with E-state index >= 15 is 0 Å². The van der Waals surface area contributed by atoms with E-state index < -0.39 is 17.2 Å². The Hall–Kier alpha value is -2.38. The third-order valence-electron chi connectivity index (χ3n) is 3.62. The van der Waals surface area contributed by atoms with Crippen molar-refractivity contribution >= 4 is 17.2 Å². The molecule has 0 fully saturated rings. The molecule has 0 spiro atoms. The van der Waals surface area contributed by atoms with Gasteiger partial charge in [0.2, 0.25) is 0 Å². The molecule has 0 unspecified atom stereocenters. The highest BCUT2D eigenvalue weighted by atomic mass is 35.5. The molecule has 0 N–H and O–H groups in total. The smallest absolute Gasteiger partial charge is 0.265 e. The lowest BCUT2D eigenvalue weighted by Crippen LogP contribution is -2.22. The quantitative estimate of drug-likeness (QED) is 0.642. The summed E-state index contributed by atoms with van der Waals surface area (Å²) in [4.78, 5) is 21.0. The number of rotatable bonds is 1. The van der Waals surface area contributed by atoms with Gasteiger partial charge in [0, 0.05) is 12.1 Å². The van der Waals surface area contributed by atoms with Crippen LogP contribution in [0.25, 0.3) is 17.0 Å². The standard InChI is InChI=1S/C15H8ClF2N3O2/c16-12-4-13-19-11-6-23-5-9(11)15(22)21(13)14(20-12)8-2-1-7(17)3-10(8)18/h1-4H,5-6H2. The summed E-state index contributed by atoms with van der Waals surface area (Å²) in [5, 5.41) is 0.0505. The zero-order chi connectivity index (χ0) is 16.1. The second kappa shape index (κ2) is 5.07. The average Bonchev–Trinajstić information content (AvgIpc) is 2.95. The van der Waals surface area contributed by atoms with Gasteiger partial charge in [0.15, 0.2) is 5.82 Å². The third kappa shape index (κ3) is 2.20. The fraction of sp³-hybridized carbons (Fsp3) is 0.133. The molecule has 4 rings (SSSR count). The topological polar surface area (TPSA) is 56.5 Å². The first-order chi connectivity index (χ1) is 11.0. The summed E-state index contributed by atoms with van der Waals surface area (Å²) in [6.45, 7) is 0.374. The number of aromatic nitrogens is 3. The van der Waals surface area contributed by atoms with Crippen LogP contribution in [0.5, 0.6) is 0 Å². The van der Waals surface area contributed by atoms with Crippen LogP contribution in [0.15, 0.2) is 29.1 Å². The van der Waals surface area contributed by atoms with Gasteiger partial charge in [0.25, 0.3) is 5.56 Å². The number of nitrogens with zero attached hydrogens (tertiary/aromatic N) is 3. The first kappa shape index (κ1) is 14.2. The van der Waals surface area contributed by atoms with Crippen LogP contribution in [0, 0.1) is 11.6 Å². The number of hydrogen-bond acceptors (Lipinski definition) is 4. The number of ether oxygens (including phenoxy) is 1. The summed E-state index contributed by atoms with van der Waals surface area (Å²) in [7, 11) is 0. The molecule has 2 aromatic heterocycles. The first-order valence-corrected chi connectivity index (χ1v) is 7.06. The van der Waals surface area contributed by atoms with Crippen LogP contribution in [0.2, 0.25) is 5.15 Å². The number of benzene rings is 1. The molecule has 1 aromatic carbocycles. The van der Waals surface area contributed by atoms with E-state index in [4.69, 9.17) is 16.3 Å². The van der Waals surface area contributed by atoms with Gasteiger partial charge in [0.05, 0.1) is 30.0 Å². The Morgan fingerprint density at radius 2 is 2.00 bits per heavy atom. The number of halogens is 3. The lowest BCUT2D eigenvalue weighted by molar-refractivity contribution is 0.133. The van der Waals surface area contributed by atoms with Crippen LogP contribution in [0.1, 0.15) is 11.3 Å². The van der Waals surface area contributed by atoms with Crippen molar-refractivity contribution in [2.45, 2.75) is 13.2 Å². The second-order valence-corrected chi connectivity index (χ2v) is 5.44. The molecule has 8 heteroatoms. The Morgan fingerprint density at radius 3 is 2.78 bits per heavy atom. The van der Waals surface area contributed by atoms with Crippen molar-refractivity contribution in [3.63, 3.8) is 0 Å². The minimum atomic E-state index is -0.843. The molecule has 0 saturated carbocycles. The lowest BCUT2D eigenvalue weighted by atomic mass is 10.2.